The van der Waals surface area contributed by atoms with E-state index >= 15 is 0 Å². The van der Waals surface area contributed by atoms with Gasteiger partial charge in [0, 0.05) is 41.4 Å². The molecule has 0 aromatic rings. The molecule has 0 N–H and O–H groups in total. The molecule has 0 unspecified atom stereocenters. The standard InChI is InChI=1S/3C7H15N.C7H9.Ti/c3*1-4-7-8(5-2)6-3;1-2-7-5-3-4-6-7;/h3*4H,1,5-7H2,2-3H3;3,5H,2,4H2,1H3;/q;;;-1;. The minimum Gasteiger partial charge on any atom is -0.300 e. The largest absolute Gasteiger partial charge is 0.300 e. The summed E-state index contributed by atoms with van der Waals surface area (Å²) in [6.45, 7) is 35.9. The van der Waals surface area contributed by atoms with Crippen LogP contribution in [-0.4, -0.2) is 73.6 Å². The summed E-state index contributed by atoms with van der Waals surface area (Å²) in [7, 11) is 0. The minimum absolute atomic E-state index is 0. The zero-order valence-electron chi connectivity index (χ0n) is 22.6. The van der Waals surface area contributed by atoms with Gasteiger partial charge in [-0.1, -0.05) is 73.1 Å². The van der Waals surface area contributed by atoms with Crippen LogP contribution in [0.2, 0.25) is 0 Å². The average Bonchev–Trinajstić information content (AvgIpc) is 3.34. The molecule has 0 aromatic carbocycles. The number of likely N-dealkylation sites (N-methyl/N-ethyl adjacent to an activating group) is 3. The third kappa shape index (κ3) is 27.3. The summed E-state index contributed by atoms with van der Waals surface area (Å²) in [5.74, 6) is 0. The van der Waals surface area contributed by atoms with Gasteiger partial charge in [-0.2, -0.15) is 6.08 Å². The normalized spacial score (nSPS) is 11.2. The maximum Gasteiger partial charge on any atom is 0.0160 e. The molecular formula is C28H54N3Ti-. The molecule has 0 aliphatic heterocycles. The Hall–Kier alpha value is -0.706. The molecule has 0 saturated heterocycles. The molecule has 32 heavy (non-hydrogen) atoms. The van der Waals surface area contributed by atoms with Crippen LogP contribution in [0.3, 0.4) is 0 Å². The molecule has 0 radical (unpaired) electrons. The first kappa shape index (κ1) is 38.6. The van der Waals surface area contributed by atoms with E-state index in [0.29, 0.717) is 0 Å². The molecule has 0 fully saturated rings. The van der Waals surface area contributed by atoms with E-state index in [1.165, 1.54) is 5.57 Å². The van der Waals surface area contributed by atoms with Gasteiger partial charge in [0.1, 0.15) is 0 Å². The zero-order valence-corrected chi connectivity index (χ0v) is 24.2. The summed E-state index contributed by atoms with van der Waals surface area (Å²) in [5, 5.41) is 0. The monoisotopic (exact) mass is 480 g/mol. The Labute approximate surface area is 217 Å². The molecule has 3 nitrogen and oxygen atoms in total. The van der Waals surface area contributed by atoms with Gasteiger partial charge in [0.2, 0.25) is 0 Å². The van der Waals surface area contributed by atoms with Crippen LogP contribution < -0.4 is 0 Å². The van der Waals surface area contributed by atoms with Crippen molar-refractivity contribution in [3.8, 4) is 0 Å². The molecule has 0 spiro atoms. The van der Waals surface area contributed by atoms with E-state index in [1.54, 1.807) is 0 Å². The number of rotatable bonds is 13. The summed E-state index contributed by atoms with van der Waals surface area (Å²) in [5.41, 5.74) is 1.36. The second-order valence-electron chi connectivity index (χ2n) is 6.99. The fourth-order valence-corrected chi connectivity index (χ4v) is 2.69. The Balaban J connectivity index is -0.000000162. The molecule has 0 saturated carbocycles. The Morgan fingerprint density at radius 2 is 1.00 bits per heavy atom. The SMILES string of the molecule is C=CCN(CC)CC.C=CCN(CC)CC.C=CCN(CC)CC.CCC1=[C-]CC=C1.[Ti]. The molecule has 0 heterocycles. The van der Waals surface area contributed by atoms with Gasteiger partial charge in [-0.25, -0.2) is 11.6 Å². The fourth-order valence-electron chi connectivity index (χ4n) is 2.69. The van der Waals surface area contributed by atoms with Gasteiger partial charge < -0.3 is 14.7 Å². The van der Waals surface area contributed by atoms with Crippen molar-refractivity contribution in [3.63, 3.8) is 0 Å². The molecule has 0 aromatic heterocycles. The van der Waals surface area contributed by atoms with Gasteiger partial charge in [0.15, 0.2) is 0 Å². The van der Waals surface area contributed by atoms with Gasteiger partial charge in [-0.15, -0.1) is 26.2 Å². The maximum atomic E-state index is 3.65. The molecular weight excluding hydrogens is 426 g/mol. The molecule has 1 aliphatic rings. The van der Waals surface area contributed by atoms with Crippen molar-refractivity contribution >= 4 is 0 Å². The summed E-state index contributed by atoms with van der Waals surface area (Å²) in [4.78, 5) is 6.94. The zero-order chi connectivity index (χ0) is 24.3. The van der Waals surface area contributed by atoms with Crippen molar-refractivity contribution in [1.29, 1.82) is 0 Å². The van der Waals surface area contributed by atoms with E-state index in [1.807, 2.05) is 18.2 Å². The van der Waals surface area contributed by atoms with Crippen LogP contribution in [0.5, 0.6) is 0 Å². The van der Waals surface area contributed by atoms with Crippen LogP contribution in [-0.2, 0) is 21.7 Å². The van der Waals surface area contributed by atoms with Crippen LogP contribution in [0.25, 0.3) is 0 Å². The third-order valence-corrected chi connectivity index (χ3v) is 4.99. The number of allylic oxidation sites excluding steroid dienone is 4. The van der Waals surface area contributed by atoms with Gasteiger partial charge in [0.05, 0.1) is 0 Å². The van der Waals surface area contributed by atoms with Gasteiger partial charge in [0.25, 0.3) is 0 Å². The average molecular weight is 481 g/mol. The molecule has 4 heteroatoms. The number of hydrogen-bond acceptors (Lipinski definition) is 3. The van der Waals surface area contributed by atoms with Crippen molar-refractivity contribution < 1.29 is 21.7 Å². The molecule has 0 bridgehead atoms. The Morgan fingerprint density at radius 1 is 0.688 bits per heavy atom. The topological polar surface area (TPSA) is 9.72 Å². The second-order valence-corrected chi connectivity index (χ2v) is 6.99. The Kier molecular flexibility index (Phi) is 39.1. The van der Waals surface area contributed by atoms with Crippen LogP contribution in [0.1, 0.15) is 61.3 Å². The number of nitrogens with zero attached hydrogens (tertiary/aromatic N) is 3. The van der Waals surface area contributed by atoms with Crippen LogP contribution >= 0.6 is 0 Å². The summed E-state index contributed by atoms with van der Waals surface area (Å²) in [6.07, 6.45) is 15.5. The molecule has 1 rings (SSSR count). The van der Waals surface area contributed by atoms with Crippen molar-refractivity contribution in [2.75, 3.05) is 58.9 Å². The quantitative estimate of drug-likeness (QED) is 0.167. The first-order chi connectivity index (χ1) is 15.0. The first-order valence-electron chi connectivity index (χ1n) is 12.2. The molecule has 186 valence electrons. The predicted octanol–water partition coefficient (Wildman–Crippen LogP) is 6.63. The Morgan fingerprint density at radius 3 is 1.09 bits per heavy atom. The Bertz CT molecular complexity index is 403. The third-order valence-electron chi connectivity index (χ3n) is 4.99. The predicted molar refractivity (Wildman–Crippen MR) is 145 cm³/mol. The van der Waals surface area contributed by atoms with Gasteiger partial charge in [-0.3, -0.25) is 6.08 Å². The van der Waals surface area contributed by atoms with E-state index < -0.39 is 0 Å². The maximum absolute atomic E-state index is 3.65. The van der Waals surface area contributed by atoms with Gasteiger partial charge >= 0.3 is 0 Å². The number of hydrogen-bond donors (Lipinski definition) is 0. The molecule has 0 atom stereocenters. The van der Waals surface area contributed by atoms with Crippen molar-refractivity contribution in [1.82, 2.24) is 14.7 Å². The van der Waals surface area contributed by atoms with Crippen LogP contribution in [0.15, 0.2) is 55.7 Å². The minimum atomic E-state index is 0. The van der Waals surface area contributed by atoms with E-state index in [0.717, 1.165) is 71.7 Å². The van der Waals surface area contributed by atoms with Crippen LogP contribution in [0.4, 0.5) is 0 Å². The second kappa shape index (κ2) is 32.5. The summed E-state index contributed by atoms with van der Waals surface area (Å²) >= 11 is 0. The van der Waals surface area contributed by atoms with Gasteiger partial charge in [-0.05, 0) is 39.3 Å². The summed E-state index contributed by atoms with van der Waals surface area (Å²) in [6, 6.07) is 0. The van der Waals surface area contributed by atoms with E-state index in [4.69, 9.17) is 0 Å². The van der Waals surface area contributed by atoms with E-state index in [-0.39, 0.29) is 21.7 Å². The molecule has 1 aliphatic carbocycles. The fraction of sp³-hybridized carbons (Fsp3) is 0.643. The van der Waals surface area contributed by atoms with Crippen molar-refractivity contribution in [3.05, 3.63) is 61.8 Å². The first-order valence-corrected chi connectivity index (χ1v) is 12.2. The summed E-state index contributed by atoms with van der Waals surface area (Å²) < 4.78 is 0. The van der Waals surface area contributed by atoms with E-state index in [9.17, 15) is 0 Å². The molecule has 0 amide bonds. The van der Waals surface area contributed by atoms with Crippen molar-refractivity contribution in [2.24, 2.45) is 0 Å². The van der Waals surface area contributed by atoms with Crippen molar-refractivity contribution in [2.45, 2.75) is 61.3 Å². The van der Waals surface area contributed by atoms with Crippen LogP contribution in [0, 0.1) is 6.08 Å². The van der Waals surface area contributed by atoms with E-state index in [2.05, 4.69) is 101 Å². The smallest absolute Gasteiger partial charge is 0.0160 e.